The number of nitrogens with one attached hydrogen (secondary N) is 1. The van der Waals surface area contributed by atoms with Crippen LogP contribution in [0.25, 0.3) is 0 Å². The van der Waals surface area contributed by atoms with Gasteiger partial charge in [0.2, 0.25) is 0 Å². The minimum atomic E-state index is -1.17. The van der Waals surface area contributed by atoms with Gasteiger partial charge < -0.3 is 5.32 Å². The van der Waals surface area contributed by atoms with E-state index in [1.807, 2.05) is 6.07 Å². The predicted molar refractivity (Wildman–Crippen MR) is 94.5 cm³/mol. The Morgan fingerprint density at radius 1 is 1.23 bits per heavy atom. The van der Waals surface area contributed by atoms with Crippen LogP contribution in [0.2, 0.25) is 0 Å². The van der Waals surface area contributed by atoms with Crippen molar-refractivity contribution in [2.75, 3.05) is 23.8 Å². The van der Waals surface area contributed by atoms with Gasteiger partial charge in [0.25, 0.3) is 5.91 Å². The second-order valence-electron chi connectivity index (χ2n) is 6.26. The third kappa shape index (κ3) is 5.39. The van der Waals surface area contributed by atoms with Crippen molar-refractivity contribution >= 4 is 18.9 Å². The van der Waals surface area contributed by atoms with Gasteiger partial charge in [-0.2, -0.15) is 6.16 Å². The Balaban J connectivity index is 0.00000242. The van der Waals surface area contributed by atoms with Crippen LogP contribution < -0.4 is 5.32 Å². The maximum Gasteiger partial charge on any atom is 0.259 e. The van der Waals surface area contributed by atoms with E-state index in [9.17, 15) is 4.79 Å². The van der Waals surface area contributed by atoms with Gasteiger partial charge in [-0.1, -0.05) is 31.0 Å². The van der Waals surface area contributed by atoms with E-state index in [1.54, 1.807) is 0 Å². The largest absolute Gasteiger partial charge is 0.323 e. The number of benzene rings is 1. The van der Waals surface area contributed by atoms with Crippen LogP contribution in [0.15, 0.2) is 18.2 Å². The van der Waals surface area contributed by atoms with Gasteiger partial charge in [0.1, 0.15) is 6.16 Å². The van der Waals surface area contributed by atoms with Crippen molar-refractivity contribution in [2.24, 2.45) is 0 Å². The van der Waals surface area contributed by atoms with E-state index < -0.39 is 7.26 Å². The van der Waals surface area contributed by atoms with E-state index in [0.29, 0.717) is 0 Å². The standard InChI is InChI=1S/C18H28NOP.Y/c1-4-21(12-7-5-6-8-13-21)14-17(20)19-18-15(2)10-9-11-16(18)3;/h9-12H,4-8,13-14H2,1-3H3,(H,19,20);. The molecule has 1 fully saturated rings. The summed E-state index contributed by atoms with van der Waals surface area (Å²) >= 11 is 0. The van der Waals surface area contributed by atoms with Crippen LogP contribution in [0.1, 0.15) is 43.7 Å². The first kappa shape index (κ1) is 20.3. The zero-order valence-electron chi connectivity index (χ0n) is 14.2. The van der Waals surface area contributed by atoms with Crippen molar-refractivity contribution in [1.29, 1.82) is 0 Å². The summed E-state index contributed by atoms with van der Waals surface area (Å²) in [7, 11) is -1.17. The average Bonchev–Trinajstić information content (AvgIpc) is 2.69. The van der Waals surface area contributed by atoms with E-state index >= 15 is 0 Å². The van der Waals surface area contributed by atoms with Crippen molar-refractivity contribution < 1.29 is 37.5 Å². The van der Waals surface area contributed by atoms with Gasteiger partial charge in [-0.25, -0.2) is 0 Å². The van der Waals surface area contributed by atoms with Crippen LogP contribution in [0.4, 0.5) is 5.69 Å². The van der Waals surface area contributed by atoms with E-state index in [1.165, 1.54) is 38.0 Å². The Kier molecular flexibility index (Phi) is 8.76. The number of carbonyl (C=O) groups excluding carboxylic acids is 1. The molecular weight excluding hydrogens is 366 g/mol. The first-order chi connectivity index (χ1) is 10.1. The number of amides is 1. The van der Waals surface area contributed by atoms with E-state index in [-0.39, 0.29) is 38.6 Å². The summed E-state index contributed by atoms with van der Waals surface area (Å²) in [4.78, 5) is 12.6. The topological polar surface area (TPSA) is 29.1 Å². The summed E-state index contributed by atoms with van der Waals surface area (Å²) in [5, 5.41) is 3.17. The quantitative estimate of drug-likeness (QED) is 0.564. The molecule has 1 radical (unpaired) electrons. The van der Waals surface area contributed by atoms with Crippen LogP contribution in [0.3, 0.4) is 0 Å². The summed E-state index contributed by atoms with van der Waals surface area (Å²) in [6, 6.07) is 6.16. The Morgan fingerprint density at radius 3 is 2.55 bits per heavy atom. The SMILES string of the molecule is CC[P+]1(CC(=O)Nc2c(C)cccc2C)[CH-]CCCCC1.[Y]. The van der Waals surface area contributed by atoms with Gasteiger partial charge in [-0.15, -0.1) is 13.7 Å². The number of anilines is 1. The monoisotopic (exact) mass is 394 g/mol. The summed E-state index contributed by atoms with van der Waals surface area (Å²) in [5.41, 5.74) is 3.31. The third-order valence-corrected chi connectivity index (χ3v) is 9.07. The number of rotatable bonds is 4. The number of para-hydroxylation sites is 1. The van der Waals surface area contributed by atoms with Crippen molar-refractivity contribution in [2.45, 2.75) is 46.5 Å². The van der Waals surface area contributed by atoms with Gasteiger partial charge in [0, 0.05) is 50.7 Å². The van der Waals surface area contributed by atoms with Crippen LogP contribution in [-0.4, -0.2) is 24.4 Å². The van der Waals surface area contributed by atoms with Crippen molar-refractivity contribution in [3.8, 4) is 0 Å². The van der Waals surface area contributed by atoms with Crippen molar-refractivity contribution in [3.05, 3.63) is 35.5 Å². The molecule has 0 aromatic heterocycles. The second-order valence-corrected chi connectivity index (χ2v) is 10.5. The Labute approximate surface area is 161 Å². The number of hydrogen-bond donors (Lipinski definition) is 1. The Morgan fingerprint density at radius 2 is 1.91 bits per heavy atom. The van der Waals surface area contributed by atoms with Crippen LogP contribution in [-0.2, 0) is 37.5 Å². The van der Waals surface area contributed by atoms with Gasteiger partial charge in [-0.3, -0.25) is 4.79 Å². The van der Waals surface area contributed by atoms with E-state index in [2.05, 4.69) is 44.4 Å². The average molecular weight is 394 g/mol. The maximum absolute atomic E-state index is 12.6. The molecule has 2 nitrogen and oxygen atoms in total. The molecule has 1 aliphatic heterocycles. The Bertz CT molecular complexity index is 476. The van der Waals surface area contributed by atoms with Gasteiger partial charge in [0.15, 0.2) is 0 Å². The molecule has 0 saturated carbocycles. The molecule has 1 saturated heterocycles. The fraction of sp³-hybridized carbons (Fsp3) is 0.556. The number of hydrogen-bond acceptors (Lipinski definition) is 1. The summed E-state index contributed by atoms with van der Waals surface area (Å²) in [6.07, 6.45) is 10.8. The normalized spacial score (nSPS) is 21.6. The molecule has 1 unspecified atom stereocenters. The molecule has 1 heterocycles. The van der Waals surface area contributed by atoms with Crippen LogP contribution >= 0.6 is 7.26 Å². The zero-order valence-corrected chi connectivity index (χ0v) is 17.9. The van der Waals surface area contributed by atoms with Gasteiger partial charge in [-0.05, 0) is 38.3 Å². The first-order valence-corrected chi connectivity index (χ1v) is 10.5. The summed E-state index contributed by atoms with van der Waals surface area (Å²) in [5.74, 6) is 0.209. The molecule has 0 aliphatic carbocycles. The molecule has 4 heteroatoms. The molecule has 1 aromatic rings. The number of carbonyl (C=O) groups is 1. The van der Waals surface area contributed by atoms with Crippen LogP contribution in [0.5, 0.6) is 0 Å². The second kappa shape index (κ2) is 9.50. The minimum Gasteiger partial charge on any atom is -0.323 e. The molecule has 1 amide bonds. The molecule has 1 aromatic carbocycles. The molecule has 2 rings (SSSR count). The van der Waals surface area contributed by atoms with Crippen LogP contribution in [0, 0.1) is 20.0 Å². The zero-order chi connectivity index (χ0) is 15.3. The summed E-state index contributed by atoms with van der Waals surface area (Å²) in [6.45, 7) is 6.39. The fourth-order valence-electron chi connectivity index (χ4n) is 3.22. The molecule has 0 bridgehead atoms. The van der Waals surface area contributed by atoms with E-state index in [4.69, 9.17) is 0 Å². The van der Waals surface area contributed by atoms with Crippen molar-refractivity contribution in [3.63, 3.8) is 0 Å². The maximum atomic E-state index is 12.6. The van der Waals surface area contributed by atoms with Crippen molar-refractivity contribution in [1.82, 2.24) is 0 Å². The fourth-order valence-corrected chi connectivity index (χ4v) is 6.73. The molecule has 0 spiro atoms. The molecule has 1 aliphatic rings. The Hall–Kier alpha value is 0.224. The third-order valence-electron chi connectivity index (χ3n) is 4.66. The molecule has 1 atom stereocenters. The summed E-state index contributed by atoms with van der Waals surface area (Å²) < 4.78 is 0. The predicted octanol–water partition coefficient (Wildman–Crippen LogP) is 5.01. The minimum absolute atomic E-state index is 0. The number of aryl methyl sites for hydroxylation is 2. The smallest absolute Gasteiger partial charge is 0.259 e. The van der Waals surface area contributed by atoms with Gasteiger partial charge >= 0.3 is 0 Å². The molecule has 119 valence electrons. The molecule has 1 N–H and O–H groups in total. The van der Waals surface area contributed by atoms with Gasteiger partial charge in [0.05, 0.1) is 0 Å². The molecular formula is C18H28NOPY. The van der Waals surface area contributed by atoms with E-state index in [0.717, 1.165) is 23.0 Å². The molecule has 22 heavy (non-hydrogen) atoms. The first-order valence-electron chi connectivity index (χ1n) is 8.12.